The van der Waals surface area contributed by atoms with Gasteiger partial charge in [0.15, 0.2) is 0 Å². The molecule has 4 heteroatoms. The van der Waals surface area contributed by atoms with Gasteiger partial charge in [-0.15, -0.1) is 11.3 Å². The van der Waals surface area contributed by atoms with Crippen LogP contribution in [0.3, 0.4) is 0 Å². The molecular weight excluding hydrogens is 208 g/mol. The Morgan fingerprint density at radius 3 is 3.00 bits per heavy atom. The molecule has 1 unspecified atom stereocenters. The summed E-state index contributed by atoms with van der Waals surface area (Å²) >= 11 is 1.61. The lowest BCUT2D eigenvalue weighted by Crippen LogP contribution is -2.31. The fraction of sp³-hybridized carbons (Fsp3) is 0.727. The van der Waals surface area contributed by atoms with Crippen LogP contribution in [0.5, 0.6) is 0 Å². The first-order valence-electron chi connectivity index (χ1n) is 5.62. The second-order valence-electron chi connectivity index (χ2n) is 4.22. The molecule has 3 nitrogen and oxygen atoms in total. The van der Waals surface area contributed by atoms with Crippen molar-refractivity contribution in [2.24, 2.45) is 5.92 Å². The zero-order chi connectivity index (χ0) is 10.5. The number of rotatable bonds is 5. The van der Waals surface area contributed by atoms with Crippen LogP contribution in [0.4, 0.5) is 0 Å². The third-order valence-electron chi connectivity index (χ3n) is 3.09. The van der Waals surface area contributed by atoms with Gasteiger partial charge in [-0.1, -0.05) is 12.8 Å². The first kappa shape index (κ1) is 11.0. The Balaban J connectivity index is 1.64. The van der Waals surface area contributed by atoms with Gasteiger partial charge in [-0.3, -0.25) is 0 Å². The molecule has 1 heterocycles. The first-order valence-corrected chi connectivity index (χ1v) is 6.56. The SMILES string of the molecule is OC(CNCc1cscn1)C1CCCC1. The highest BCUT2D eigenvalue weighted by Gasteiger charge is 2.22. The average molecular weight is 226 g/mol. The highest BCUT2D eigenvalue weighted by molar-refractivity contribution is 7.07. The summed E-state index contributed by atoms with van der Waals surface area (Å²) < 4.78 is 0. The Hall–Kier alpha value is -0.450. The van der Waals surface area contributed by atoms with Crippen molar-refractivity contribution >= 4 is 11.3 Å². The van der Waals surface area contributed by atoms with E-state index in [-0.39, 0.29) is 6.10 Å². The topological polar surface area (TPSA) is 45.1 Å². The maximum atomic E-state index is 9.90. The van der Waals surface area contributed by atoms with Gasteiger partial charge in [0.2, 0.25) is 0 Å². The number of aromatic nitrogens is 1. The number of aliphatic hydroxyl groups is 1. The molecule has 2 N–H and O–H groups in total. The number of aliphatic hydroxyl groups excluding tert-OH is 1. The Morgan fingerprint density at radius 2 is 2.33 bits per heavy atom. The molecule has 0 amide bonds. The van der Waals surface area contributed by atoms with Crippen LogP contribution in [-0.2, 0) is 6.54 Å². The smallest absolute Gasteiger partial charge is 0.0795 e. The lowest BCUT2D eigenvalue weighted by molar-refractivity contribution is 0.109. The number of hydrogen-bond acceptors (Lipinski definition) is 4. The third kappa shape index (κ3) is 3.26. The standard InChI is InChI=1S/C11H18N2OS/c14-11(9-3-1-2-4-9)6-12-5-10-7-15-8-13-10/h7-9,11-12,14H,1-6H2. The van der Waals surface area contributed by atoms with Crippen molar-refractivity contribution in [3.8, 4) is 0 Å². The predicted octanol–water partition coefficient (Wildman–Crippen LogP) is 1.78. The van der Waals surface area contributed by atoms with E-state index >= 15 is 0 Å². The van der Waals surface area contributed by atoms with Crippen molar-refractivity contribution in [3.63, 3.8) is 0 Å². The Morgan fingerprint density at radius 1 is 1.53 bits per heavy atom. The molecular formula is C11H18N2OS. The maximum Gasteiger partial charge on any atom is 0.0795 e. The lowest BCUT2D eigenvalue weighted by atomic mass is 10.0. The second-order valence-corrected chi connectivity index (χ2v) is 4.94. The molecule has 1 aromatic heterocycles. The van der Waals surface area contributed by atoms with Gasteiger partial charge in [-0.2, -0.15) is 0 Å². The van der Waals surface area contributed by atoms with E-state index < -0.39 is 0 Å². The van der Waals surface area contributed by atoms with E-state index in [0.717, 1.165) is 12.2 Å². The van der Waals surface area contributed by atoms with Gasteiger partial charge in [0.25, 0.3) is 0 Å². The van der Waals surface area contributed by atoms with E-state index in [2.05, 4.69) is 10.3 Å². The van der Waals surface area contributed by atoms with Crippen LogP contribution in [0.15, 0.2) is 10.9 Å². The van der Waals surface area contributed by atoms with Gasteiger partial charge in [0.1, 0.15) is 0 Å². The molecule has 0 aliphatic heterocycles. The minimum atomic E-state index is -0.175. The highest BCUT2D eigenvalue weighted by Crippen LogP contribution is 2.27. The summed E-state index contributed by atoms with van der Waals surface area (Å²) in [6.07, 6.45) is 4.78. The molecule has 1 fully saturated rings. The van der Waals surface area contributed by atoms with Gasteiger partial charge < -0.3 is 10.4 Å². The van der Waals surface area contributed by atoms with Crippen LogP contribution in [0.1, 0.15) is 31.4 Å². The number of nitrogens with zero attached hydrogens (tertiary/aromatic N) is 1. The summed E-state index contributed by atoms with van der Waals surface area (Å²) in [7, 11) is 0. The molecule has 0 saturated heterocycles. The summed E-state index contributed by atoms with van der Waals surface area (Å²) in [5.41, 5.74) is 2.91. The molecule has 84 valence electrons. The monoisotopic (exact) mass is 226 g/mol. The molecule has 1 saturated carbocycles. The summed E-state index contributed by atoms with van der Waals surface area (Å²) in [5.74, 6) is 0.521. The van der Waals surface area contributed by atoms with Crippen molar-refractivity contribution in [1.29, 1.82) is 0 Å². The number of nitrogens with one attached hydrogen (secondary N) is 1. The summed E-state index contributed by atoms with van der Waals surface area (Å²) in [6.45, 7) is 1.47. The second kappa shape index (κ2) is 5.58. The highest BCUT2D eigenvalue weighted by atomic mass is 32.1. The number of hydrogen-bond donors (Lipinski definition) is 2. The van der Waals surface area contributed by atoms with Crippen LogP contribution in [0, 0.1) is 5.92 Å². The van der Waals surface area contributed by atoms with Gasteiger partial charge in [0, 0.05) is 18.5 Å². The van der Waals surface area contributed by atoms with Crippen LogP contribution in [0.25, 0.3) is 0 Å². The van der Waals surface area contributed by atoms with Crippen molar-refractivity contribution in [2.45, 2.75) is 38.3 Å². The van der Waals surface area contributed by atoms with Crippen LogP contribution in [0.2, 0.25) is 0 Å². The van der Waals surface area contributed by atoms with Crippen LogP contribution >= 0.6 is 11.3 Å². The fourth-order valence-electron chi connectivity index (χ4n) is 2.18. The molecule has 1 aliphatic carbocycles. The molecule has 15 heavy (non-hydrogen) atoms. The Kier molecular flexibility index (Phi) is 4.11. The van der Waals surface area contributed by atoms with E-state index in [9.17, 15) is 5.11 Å². The van der Waals surface area contributed by atoms with E-state index in [4.69, 9.17) is 0 Å². The summed E-state index contributed by atoms with van der Waals surface area (Å²) in [4.78, 5) is 4.18. The zero-order valence-electron chi connectivity index (χ0n) is 8.85. The van der Waals surface area contributed by atoms with Crippen molar-refractivity contribution < 1.29 is 5.11 Å². The molecule has 2 rings (SSSR count). The summed E-state index contributed by atoms with van der Waals surface area (Å²) in [6, 6.07) is 0. The minimum Gasteiger partial charge on any atom is -0.392 e. The third-order valence-corrected chi connectivity index (χ3v) is 3.72. The van der Waals surface area contributed by atoms with E-state index in [1.54, 1.807) is 11.3 Å². The molecule has 0 radical (unpaired) electrons. The maximum absolute atomic E-state index is 9.90. The molecule has 1 atom stereocenters. The van der Waals surface area contributed by atoms with Gasteiger partial charge in [-0.05, 0) is 18.8 Å². The zero-order valence-corrected chi connectivity index (χ0v) is 9.67. The molecule has 1 aliphatic rings. The van der Waals surface area contributed by atoms with Crippen molar-refractivity contribution in [2.75, 3.05) is 6.54 Å². The Labute approximate surface area is 94.5 Å². The average Bonchev–Trinajstić information content (AvgIpc) is 2.90. The fourth-order valence-corrected chi connectivity index (χ4v) is 2.74. The minimum absolute atomic E-state index is 0.175. The number of thiazole rings is 1. The molecule has 1 aromatic rings. The molecule has 0 bridgehead atoms. The van der Waals surface area contributed by atoms with Gasteiger partial charge >= 0.3 is 0 Å². The largest absolute Gasteiger partial charge is 0.392 e. The Bertz CT molecular complexity index is 270. The van der Waals surface area contributed by atoms with E-state index in [1.807, 2.05) is 10.9 Å². The van der Waals surface area contributed by atoms with Crippen LogP contribution in [-0.4, -0.2) is 22.7 Å². The van der Waals surface area contributed by atoms with Gasteiger partial charge in [0.05, 0.1) is 17.3 Å². The van der Waals surface area contributed by atoms with Crippen molar-refractivity contribution in [3.05, 3.63) is 16.6 Å². The van der Waals surface area contributed by atoms with E-state index in [0.29, 0.717) is 12.5 Å². The van der Waals surface area contributed by atoms with Crippen molar-refractivity contribution in [1.82, 2.24) is 10.3 Å². The normalized spacial score (nSPS) is 19.5. The molecule has 0 aromatic carbocycles. The van der Waals surface area contributed by atoms with Crippen LogP contribution < -0.4 is 5.32 Å². The summed E-state index contributed by atoms with van der Waals surface area (Å²) in [5, 5.41) is 15.2. The quantitative estimate of drug-likeness (QED) is 0.804. The van der Waals surface area contributed by atoms with Gasteiger partial charge in [-0.25, -0.2) is 4.98 Å². The predicted molar refractivity (Wildman–Crippen MR) is 61.8 cm³/mol. The lowest BCUT2D eigenvalue weighted by Gasteiger charge is -2.17. The van der Waals surface area contributed by atoms with E-state index in [1.165, 1.54) is 25.7 Å². The molecule has 0 spiro atoms. The first-order chi connectivity index (χ1) is 7.36.